The van der Waals surface area contributed by atoms with Crippen LogP contribution >= 0.6 is 0 Å². The van der Waals surface area contributed by atoms with Gasteiger partial charge in [0.15, 0.2) is 0 Å². The average molecular weight is 361 g/mol. The van der Waals surface area contributed by atoms with Crippen molar-refractivity contribution in [3.05, 3.63) is 0 Å². The maximum atomic E-state index is 12.9. The van der Waals surface area contributed by atoms with Gasteiger partial charge >= 0.3 is 0 Å². The molecule has 0 aromatic carbocycles. The monoisotopic (exact) mass is 360 g/mol. The molecular weight excluding hydrogens is 324 g/mol. The summed E-state index contributed by atoms with van der Waals surface area (Å²) in [5.41, 5.74) is 0.355. The van der Waals surface area contributed by atoms with Gasteiger partial charge < -0.3 is 9.80 Å². The summed E-state index contributed by atoms with van der Waals surface area (Å²) in [4.78, 5) is 29.6. The lowest BCUT2D eigenvalue weighted by Crippen LogP contribution is -2.39. The fourth-order valence-electron chi connectivity index (χ4n) is 6.01. The Hall–Kier alpha value is -1.06. The van der Waals surface area contributed by atoms with E-state index in [2.05, 4.69) is 4.90 Å². The summed E-state index contributed by atoms with van der Waals surface area (Å²) in [7, 11) is 0. The highest BCUT2D eigenvalue weighted by molar-refractivity contribution is 5.77. The Morgan fingerprint density at radius 3 is 2.23 bits per heavy atom. The molecule has 4 aliphatic rings. The van der Waals surface area contributed by atoms with Crippen molar-refractivity contribution >= 4 is 11.8 Å². The van der Waals surface area contributed by atoms with Crippen molar-refractivity contribution in [2.24, 2.45) is 17.3 Å². The molecule has 4 fully saturated rings. The van der Waals surface area contributed by atoms with Crippen molar-refractivity contribution in [2.45, 2.75) is 83.5 Å². The van der Waals surface area contributed by atoms with Crippen LogP contribution in [0.5, 0.6) is 0 Å². The summed E-state index contributed by atoms with van der Waals surface area (Å²) in [5, 5.41) is 0. The van der Waals surface area contributed by atoms with Crippen molar-refractivity contribution < 1.29 is 9.59 Å². The van der Waals surface area contributed by atoms with Gasteiger partial charge in [0.2, 0.25) is 11.8 Å². The fraction of sp³-hybridized carbons (Fsp3) is 0.909. The van der Waals surface area contributed by atoms with Crippen LogP contribution < -0.4 is 0 Å². The molecule has 0 N–H and O–H groups in total. The van der Waals surface area contributed by atoms with Gasteiger partial charge in [-0.05, 0) is 62.2 Å². The second-order valence-electron chi connectivity index (χ2n) is 9.52. The Morgan fingerprint density at radius 2 is 1.58 bits per heavy atom. The van der Waals surface area contributed by atoms with Gasteiger partial charge in [-0.2, -0.15) is 0 Å². The number of carbonyl (C=O) groups excluding carboxylic acids is 2. The number of hydrogen-bond donors (Lipinski definition) is 0. The van der Waals surface area contributed by atoms with Crippen molar-refractivity contribution in [1.29, 1.82) is 0 Å². The second kappa shape index (κ2) is 7.90. The Balaban J connectivity index is 1.30. The van der Waals surface area contributed by atoms with Gasteiger partial charge in [-0.3, -0.25) is 9.59 Å². The summed E-state index contributed by atoms with van der Waals surface area (Å²) < 4.78 is 0. The zero-order valence-electron chi connectivity index (χ0n) is 16.4. The van der Waals surface area contributed by atoms with Gasteiger partial charge in [0, 0.05) is 39.0 Å². The highest BCUT2D eigenvalue weighted by atomic mass is 16.2. The van der Waals surface area contributed by atoms with Crippen LogP contribution in [0.25, 0.3) is 0 Å². The molecule has 0 aromatic rings. The Labute approximate surface area is 158 Å². The first-order valence-corrected chi connectivity index (χ1v) is 11.2. The third-order valence-corrected chi connectivity index (χ3v) is 7.87. The van der Waals surface area contributed by atoms with Crippen LogP contribution in [0.2, 0.25) is 0 Å². The van der Waals surface area contributed by atoms with Crippen molar-refractivity contribution in [3.63, 3.8) is 0 Å². The summed E-state index contributed by atoms with van der Waals surface area (Å²) in [5.74, 6) is 1.93. The van der Waals surface area contributed by atoms with Crippen molar-refractivity contribution in [2.75, 3.05) is 26.2 Å². The van der Waals surface area contributed by atoms with Crippen LogP contribution in [0.3, 0.4) is 0 Å². The molecule has 1 unspecified atom stereocenters. The molecular formula is C22H36N2O2. The van der Waals surface area contributed by atoms with E-state index in [0.717, 1.165) is 39.0 Å². The van der Waals surface area contributed by atoms with Gasteiger partial charge in [0.25, 0.3) is 0 Å². The molecule has 0 radical (unpaired) electrons. The highest BCUT2D eigenvalue weighted by Crippen LogP contribution is 2.53. The van der Waals surface area contributed by atoms with E-state index in [4.69, 9.17) is 0 Å². The van der Waals surface area contributed by atoms with E-state index >= 15 is 0 Å². The third-order valence-electron chi connectivity index (χ3n) is 7.87. The zero-order chi connectivity index (χ0) is 18.0. The standard InChI is InChI=1S/C22H36N2O2/c25-20(23-13-4-5-14-23)10-9-19-16-24(17-22(19)11-6-12-22)21(26)15-18-7-2-1-3-8-18/h18-19H,1-17H2. The van der Waals surface area contributed by atoms with Gasteiger partial charge in [-0.1, -0.05) is 25.7 Å². The number of nitrogens with zero attached hydrogens (tertiary/aromatic N) is 2. The molecule has 4 heteroatoms. The first-order valence-electron chi connectivity index (χ1n) is 11.2. The van der Waals surface area contributed by atoms with Crippen LogP contribution in [-0.4, -0.2) is 47.8 Å². The van der Waals surface area contributed by atoms with Crippen molar-refractivity contribution in [1.82, 2.24) is 9.80 Å². The Kier molecular flexibility index (Phi) is 5.56. The SMILES string of the molecule is O=C(CCC1CN(C(=O)CC2CCCCC2)CC12CCC2)N1CCCC1. The van der Waals surface area contributed by atoms with E-state index in [0.29, 0.717) is 35.5 Å². The molecule has 2 amide bonds. The van der Waals surface area contributed by atoms with Crippen LogP contribution in [0.1, 0.15) is 83.5 Å². The van der Waals surface area contributed by atoms with Gasteiger partial charge in [0.05, 0.1) is 0 Å². The van der Waals surface area contributed by atoms with Crippen LogP contribution in [0.4, 0.5) is 0 Å². The molecule has 1 spiro atoms. The third kappa shape index (κ3) is 3.80. The number of carbonyl (C=O) groups is 2. The topological polar surface area (TPSA) is 40.6 Å². The molecule has 2 aliphatic heterocycles. The average Bonchev–Trinajstić information content (AvgIpc) is 3.28. The van der Waals surface area contributed by atoms with E-state index in [-0.39, 0.29) is 0 Å². The number of amides is 2. The summed E-state index contributed by atoms with van der Waals surface area (Å²) in [6.07, 6.45) is 15.1. The normalized spacial score (nSPS) is 28.5. The lowest BCUT2D eigenvalue weighted by atomic mass is 9.62. The smallest absolute Gasteiger partial charge is 0.222 e. The predicted molar refractivity (Wildman–Crippen MR) is 103 cm³/mol. The Morgan fingerprint density at radius 1 is 0.846 bits per heavy atom. The van der Waals surface area contributed by atoms with Crippen LogP contribution in [0.15, 0.2) is 0 Å². The molecule has 2 saturated heterocycles. The second-order valence-corrected chi connectivity index (χ2v) is 9.52. The van der Waals surface area contributed by atoms with E-state index in [1.165, 1.54) is 64.2 Å². The molecule has 1 atom stereocenters. The largest absolute Gasteiger partial charge is 0.343 e. The Bertz CT molecular complexity index is 516. The molecule has 0 bridgehead atoms. The predicted octanol–water partition coefficient (Wildman–Crippen LogP) is 3.99. The quantitative estimate of drug-likeness (QED) is 0.744. The first kappa shape index (κ1) is 18.3. The van der Waals surface area contributed by atoms with Crippen LogP contribution in [0, 0.1) is 17.3 Å². The molecule has 4 nitrogen and oxygen atoms in total. The van der Waals surface area contributed by atoms with E-state index in [1.807, 2.05) is 4.90 Å². The van der Waals surface area contributed by atoms with Crippen molar-refractivity contribution in [3.8, 4) is 0 Å². The molecule has 0 aromatic heterocycles. The van der Waals surface area contributed by atoms with E-state index in [1.54, 1.807) is 0 Å². The molecule has 2 saturated carbocycles. The fourth-order valence-corrected chi connectivity index (χ4v) is 6.01. The minimum atomic E-state index is 0.351. The first-order chi connectivity index (χ1) is 12.7. The number of hydrogen-bond acceptors (Lipinski definition) is 2. The minimum Gasteiger partial charge on any atom is -0.343 e. The molecule has 2 heterocycles. The molecule has 26 heavy (non-hydrogen) atoms. The van der Waals surface area contributed by atoms with Crippen LogP contribution in [-0.2, 0) is 9.59 Å². The summed E-state index contributed by atoms with van der Waals surface area (Å²) >= 11 is 0. The van der Waals surface area contributed by atoms with Gasteiger partial charge in [-0.15, -0.1) is 0 Å². The molecule has 2 aliphatic carbocycles. The summed E-state index contributed by atoms with van der Waals surface area (Å²) in [6, 6.07) is 0. The number of likely N-dealkylation sites (tertiary alicyclic amines) is 2. The lowest BCUT2D eigenvalue weighted by Gasteiger charge is -2.43. The van der Waals surface area contributed by atoms with Gasteiger partial charge in [-0.25, -0.2) is 0 Å². The van der Waals surface area contributed by atoms with Gasteiger partial charge in [0.1, 0.15) is 0 Å². The van der Waals surface area contributed by atoms with E-state index in [9.17, 15) is 9.59 Å². The number of rotatable bonds is 5. The maximum Gasteiger partial charge on any atom is 0.222 e. The summed E-state index contributed by atoms with van der Waals surface area (Å²) in [6.45, 7) is 3.81. The molecule has 146 valence electrons. The highest BCUT2D eigenvalue weighted by Gasteiger charge is 2.51. The zero-order valence-corrected chi connectivity index (χ0v) is 16.4. The molecule has 4 rings (SSSR count). The lowest BCUT2D eigenvalue weighted by molar-refractivity contribution is -0.132. The van der Waals surface area contributed by atoms with E-state index < -0.39 is 0 Å². The maximum absolute atomic E-state index is 12.9. The minimum absolute atomic E-state index is 0.351.